The molecule has 74 valence electrons. The number of rotatable bonds is 5. The average molecular weight is 182 g/mol. The number of hydrogen-bond acceptors (Lipinski definition) is 2. The van der Waals surface area contributed by atoms with Gasteiger partial charge in [0.15, 0.2) is 0 Å². The van der Waals surface area contributed by atoms with Crippen molar-refractivity contribution in [2.24, 2.45) is 5.92 Å². The summed E-state index contributed by atoms with van der Waals surface area (Å²) in [5.41, 5.74) is 0.931. The molecule has 0 bridgehead atoms. The third kappa shape index (κ3) is 2.20. The van der Waals surface area contributed by atoms with Crippen molar-refractivity contribution >= 4 is 0 Å². The van der Waals surface area contributed by atoms with Gasteiger partial charge in [0.25, 0.3) is 0 Å². The molecule has 0 aromatic heterocycles. The molecule has 1 saturated heterocycles. The molecule has 0 amide bonds. The molecule has 1 fully saturated rings. The van der Waals surface area contributed by atoms with E-state index in [1.165, 1.54) is 0 Å². The van der Waals surface area contributed by atoms with Crippen LogP contribution in [0.5, 0.6) is 0 Å². The Kier molecular flexibility index (Phi) is 2.94. The van der Waals surface area contributed by atoms with Crippen LogP contribution in [0.3, 0.4) is 0 Å². The lowest BCUT2D eigenvalue weighted by molar-refractivity contribution is 0.0965. The first kappa shape index (κ1) is 10.5. The number of aliphatic hydroxyl groups excluding tert-OH is 1. The summed E-state index contributed by atoms with van der Waals surface area (Å²) in [5, 5.41) is 9.59. The first-order valence-electron chi connectivity index (χ1n) is 4.61. The van der Waals surface area contributed by atoms with Crippen molar-refractivity contribution in [2.45, 2.75) is 32.0 Å². The van der Waals surface area contributed by atoms with E-state index < -0.39 is 6.10 Å². The van der Waals surface area contributed by atoms with Crippen molar-refractivity contribution < 1.29 is 9.84 Å². The quantitative estimate of drug-likeness (QED) is 0.520. The Morgan fingerprint density at radius 3 is 2.62 bits per heavy atom. The Labute approximate surface area is 79.9 Å². The molecule has 13 heavy (non-hydrogen) atoms. The van der Waals surface area contributed by atoms with Gasteiger partial charge >= 0.3 is 0 Å². The minimum Gasteiger partial charge on any atom is -0.389 e. The summed E-state index contributed by atoms with van der Waals surface area (Å²) in [7, 11) is 0. The second-order valence-electron chi connectivity index (χ2n) is 4.00. The van der Waals surface area contributed by atoms with Crippen LogP contribution < -0.4 is 0 Å². The van der Waals surface area contributed by atoms with E-state index >= 15 is 0 Å². The van der Waals surface area contributed by atoms with Gasteiger partial charge in [0.05, 0.1) is 12.7 Å². The predicted molar refractivity (Wildman–Crippen MR) is 53.5 cm³/mol. The lowest BCUT2D eigenvalue weighted by Gasteiger charge is -2.23. The topological polar surface area (TPSA) is 32.8 Å². The van der Waals surface area contributed by atoms with Crippen LogP contribution in [0.4, 0.5) is 0 Å². The number of aliphatic hydroxyl groups is 1. The summed E-state index contributed by atoms with van der Waals surface area (Å²) in [5.74, 6) is 0.0988. The zero-order valence-corrected chi connectivity index (χ0v) is 8.42. The zero-order chi connectivity index (χ0) is 10.1. The molecule has 0 saturated carbocycles. The molecular formula is C11H18O2. The summed E-state index contributed by atoms with van der Waals surface area (Å²) in [4.78, 5) is 0. The maximum Gasteiger partial charge on any atom is 0.101 e. The first-order valence-corrected chi connectivity index (χ1v) is 4.61. The number of epoxide rings is 1. The van der Waals surface area contributed by atoms with Gasteiger partial charge in [0, 0.05) is 5.92 Å². The van der Waals surface area contributed by atoms with Crippen LogP contribution in [0.15, 0.2) is 24.8 Å². The molecular weight excluding hydrogens is 164 g/mol. The Morgan fingerprint density at radius 1 is 1.77 bits per heavy atom. The van der Waals surface area contributed by atoms with E-state index in [1.807, 2.05) is 13.8 Å². The Hall–Kier alpha value is -0.600. The third-order valence-corrected chi connectivity index (χ3v) is 2.70. The Bertz CT molecular complexity index is 216. The van der Waals surface area contributed by atoms with E-state index in [-0.39, 0.29) is 11.5 Å². The normalized spacial score (nSPS) is 30.7. The van der Waals surface area contributed by atoms with Crippen molar-refractivity contribution in [1.29, 1.82) is 0 Å². The van der Waals surface area contributed by atoms with E-state index in [2.05, 4.69) is 13.2 Å². The van der Waals surface area contributed by atoms with Gasteiger partial charge in [-0.2, -0.15) is 0 Å². The summed E-state index contributed by atoms with van der Waals surface area (Å²) in [6.45, 7) is 12.1. The van der Waals surface area contributed by atoms with E-state index in [0.717, 1.165) is 18.6 Å². The molecule has 1 rings (SSSR count). The van der Waals surface area contributed by atoms with Gasteiger partial charge in [-0.05, 0) is 13.3 Å². The second-order valence-corrected chi connectivity index (χ2v) is 4.00. The van der Waals surface area contributed by atoms with Crippen LogP contribution >= 0.6 is 0 Å². The monoisotopic (exact) mass is 182 g/mol. The molecule has 0 aliphatic carbocycles. The molecule has 1 heterocycles. The van der Waals surface area contributed by atoms with Crippen LogP contribution in [-0.4, -0.2) is 23.4 Å². The fourth-order valence-electron chi connectivity index (χ4n) is 1.64. The molecule has 2 heteroatoms. The largest absolute Gasteiger partial charge is 0.389 e. The van der Waals surface area contributed by atoms with Gasteiger partial charge in [-0.25, -0.2) is 0 Å². The van der Waals surface area contributed by atoms with Gasteiger partial charge in [-0.15, -0.1) is 13.2 Å². The molecule has 0 aromatic rings. The summed E-state index contributed by atoms with van der Waals surface area (Å²) in [6.07, 6.45) is 1.91. The van der Waals surface area contributed by atoms with Crippen molar-refractivity contribution in [2.75, 3.05) is 6.61 Å². The second kappa shape index (κ2) is 3.64. The van der Waals surface area contributed by atoms with E-state index in [1.54, 1.807) is 6.08 Å². The molecule has 1 aliphatic heterocycles. The maximum absolute atomic E-state index is 9.59. The Morgan fingerprint density at radius 2 is 2.31 bits per heavy atom. The van der Waals surface area contributed by atoms with Crippen molar-refractivity contribution in [3.8, 4) is 0 Å². The molecule has 0 spiro atoms. The van der Waals surface area contributed by atoms with Crippen molar-refractivity contribution in [1.82, 2.24) is 0 Å². The molecule has 0 unspecified atom stereocenters. The minimum absolute atomic E-state index is 0.0988. The van der Waals surface area contributed by atoms with Gasteiger partial charge < -0.3 is 9.84 Å². The van der Waals surface area contributed by atoms with E-state index in [0.29, 0.717) is 0 Å². The highest BCUT2D eigenvalue weighted by molar-refractivity contribution is 5.09. The fourth-order valence-corrected chi connectivity index (χ4v) is 1.64. The number of ether oxygens (including phenoxy) is 1. The third-order valence-electron chi connectivity index (χ3n) is 2.70. The molecule has 0 radical (unpaired) electrons. The van der Waals surface area contributed by atoms with E-state index in [9.17, 15) is 5.11 Å². The van der Waals surface area contributed by atoms with Crippen LogP contribution in [0.2, 0.25) is 0 Å². The average Bonchev–Trinajstić information content (AvgIpc) is 2.82. The Balaban J connectivity index is 2.59. The zero-order valence-electron chi connectivity index (χ0n) is 8.42. The molecule has 3 atom stereocenters. The van der Waals surface area contributed by atoms with Gasteiger partial charge in [-0.3, -0.25) is 0 Å². The highest BCUT2D eigenvalue weighted by atomic mass is 16.6. The van der Waals surface area contributed by atoms with Crippen LogP contribution in [0, 0.1) is 5.92 Å². The fraction of sp³-hybridized carbons (Fsp3) is 0.636. The van der Waals surface area contributed by atoms with Gasteiger partial charge in [-0.1, -0.05) is 18.6 Å². The highest BCUT2D eigenvalue weighted by Gasteiger charge is 2.50. The van der Waals surface area contributed by atoms with Crippen LogP contribution in [-0.2, 0) is 4.74 Å². The number of hydrogen-bond donors (Lipinski definition) is 1. The maximum atomic E-state index is 9.59. The first-order chi connectivity index (χ1) is 6.02. The summed E-state index contributed by atoms with van der Waals surface area (Å²) in [6, 6.07) is 0. The lowest BCUT2D eigenvalue weighted by Crippen LogP contribution is -2.31. The standard InChI is InChI=1S/C11H18O2/c1-5-10(12)9(4)11(7-13-11)6-8(2)3/h5,9-10,12H,1-2,6-7H2,3-4H3/t9-,10-,11-/m1/s1. The summed E-state index contributed by atoms with van der Waals surface area (Å²) < 4.78 is 5.42. The van der Waals surface area contributed by atoms with Crippen molar-refractivity contribution in [3.05, 3.63) is 24.8 Å². The highest BCUT2D eigenvalue weighted by Crippen LogP contribution is 2.42. The molecule has 1 N–H and O–H groups in total. The summed E-state index contributed by atoms with van der Waals surface area (Å²) >= 11 is 0. The van der Waals surface area contributed by atoms with Gasteiger partial charge in [0.2, 0.25) is 0 Å². The SMILES string of the molecule is C=C[C@@H](O)[C@@H](C)[C@@]1(CC(=C)C)CO1. The predicted octanol–water partition coefficient (Wildman–Crippen LogP) is 1.90. The molecule has 0 aromatic carbocycles. The van der Waals surface area contributed by atoms with Gasteiger partial charge in [0.1, 0.15) is 5.60 Å². The minimum atomic E-state index is -0.484. The van der Waals surface area contributed by atoms with Crippen LogP contribution in [0.25, 0.3) is 0 Å². The smallest absolute Gasteiger partial charge is 0.101 e. The van der Waals surface area contributed by atoms with Crippen LogP contribution in [0.1, 0.15) is 20.3 Å². The molecule has 2 nitrogen and oxygen atoms in total. The lowest BCUT2D eigenvalue weighted by atomic mass is 9.85. The van der Waals surface area contributed by atoms with E-state index in [4.69, 9.17) is 4.74 Å². The molecule has 1 aliphatic rings. The van der Waals surface area contributed by atoms with Crippen molar-refractivity contribution in [3.63, 3.8) is 0 Å².